The van der Waals surface area contributed by atoms with Gasteiger partial charge in [0.1, 0.15) is 0 Å². The Labute approximate surface area is 125 Å². The van der Waals surface area contributed by atoms with Crippen LogP contribution in [-0.4, -0.2) is 40.0 Å². The molecule has 2 aliphatic rings. The molecule has 1 aliphatic carbocycles. The maximum atomic E-state index is 12.2. The van der Waals surface area contributed by atoms with E-state index in [2.05, 4.69) is 27.9 Å². The van der Waals surface area contributed by atoms with E-state index < -0.39 is 0 Å². The van der Waals surface area contributed by atoms with Gasteiger partial charge in [-0.25, -0.2) is 4.68 Å². The molecule has 6 heteroatoms. The molecule has 1 saturated heterocycles. The molecule has 0 bridgehead atoms. The lowest BCUT2D eigenvalue weighted by atomic mass is 10.1. The number of hydrogen-bond donors (Lipinski definition) is 2. The van der Waals surface area contributed by atoms with Gasteiger partial charge in [0.05, 0.1) is 12.2 Å². The number of aromatic nitrogens is 3. The summed E-state index contributed by atoms with van der Waals surface area (Å²) >= 11 is 0. The Hall–Kier alpha value is -1.43. The zero-order valence-electron chi connectivity index (χ0n) is 12.7. The Bertz CT molecular complexity index is 476. The SMILES string of the molecule is CC(CCC1CC1)NC(=O)c1cn(C2CCNCC2)nn1. The zero-order valence-corrected chi connectivity index (χ0v) is 12.7. The van der Waals surface area contributed by atoms with Crippen molar-refractivity contribution in [2.24, 2.45) is 5.92 Å². The molecule has 2 N–H and O–H groups in total. The van der Waals surface area contributed by atoms with Crippen LogP contribution in [0.3, 0.4) is 0 Å². The van der Waals surface area contributed by atoms with Gasteiger partial charge in [0.2, 0.25) is 0 Å². The fourth-order valence-electron chi connectivity index (χ4n) is 2.89. The summed E-state index contributed by atoms with van der Waals surface area (Å²) in [6.07, 6.45) is 8.89. The number of amides is 1. The van der Waals surface area contributed by atoms with Crippen LogP contribution in [-0.2, 0) is 0 Å². The molecule has 1 amide bonds. The molecular weight excluding hydrogens is 266 g/mol. The van der Waals surface area contributed by atoms with Crippen molar-refractivity contribution in [2.75, 3.05) is 13.1 Å². The Morgan fingerprint density at radius 2 is 2.19 bits per heavy atom. The van der Waals surface area contributed by atoms with Gasteiger partial charge < -0.3 is 10.6 Å². The van der Waals surface area contributed by atoms with Crippen molar-refractivity contribution >= 4 is 5.91 Å². The van der Waals surface area contributed by atoms with E-state index in [0.29, 0.717) is 11.7 Å². The normalized spacial score (nSPS) is 21.2. The molecule has 116 valence electrons. The highest BCUT2D eigenvalue weighted by molar-refractivity contribution is 5.92. The van der Waals surface area contributed by atoms with Gasteiger partial charge in [-0.1, -0.05) is 18.1 Å². The van der Waals surface area contributed by atoms with E-state index in [1.807, 2.05) is 4.68 Å². The molecule has 0 spiro atoms. The number of hydrogen-bond acceptors (Lipinski definition) is 4. The molecule has 1 aromatic heterocycles. The number of nitrogens with one attached hydrogen (secondary N) is 2. The summed E-state index contributed by atoms with van der Waals surface area (Å²) in [6.45, 7) is 4.08. The van der Waals surface area contributed by atoms with Gasteiger partial charge >= 0.3 is 0 Å². The summed E-state index contributed by atoms with van der Waals surface area (Å²) in [5, 5.41) is 14.5. The summed E-state index contributed by atoms with van der Waals surface area (Å²) in [4.78, 5) is 12.2. The van der Waals surface area contributed by atoms with Gasteiger partial charge in [-0.2, -0.15) is 0 Å². The van der Waals surface area contributed by atoms with Crippen molar-refractivity contribution in [3.8, 4) is 0 Å². The van der Waals surface area contributed by atoms with Crippen molar-refractivity contribution in [3.05, 3.63) is 11.9 Å². The fourth-order valence-corrected chi connectivity index (χ4v) is 2.89. The third kappa shape index (κ3) is 4.03. The topological polar surface area (TPSA) is 71.8 Å². The summed E-state index contributed by atoms with van der Waals surface area (Å²) in [7, 11) is 0. The average molecular weight is 291 g/mol. The monoisotopic (exact) mass is 291 g/mol. The number of carbonyl (C=O) groups is 1. The molecule has 1 unspecified atom stereocenters. The second kappa shape index (κ2) is 6.56. The predicted octanol–water partition coefficient (Wildman–Crippen LogP) is 1.51. The number of nitrogens with zero attached hydrogens (tertiary/aromatic N) is 3. The first-order valence-electron chi connectivity index (χ1n) is 8.16. The van der Waals surface area contributed by atoms with Crippen LogP contribution in [0.2, 0.25) is 0 Å². The molecule has 2 fully saturated rings. The summed E-state index contributed by atoms with van der Waals surface area (Å²) in [5.74, 6) is 0.809. The predicted molar refractivity (Wildman–Crippen MR) is 80.0 cm³/mol. The van der Waals surface area contributed by atoms with Crippen LogP contribution in [0.15, 0.2) is 6.20 Å². The Kier molecular flexibility index (Phi) is 4.53. The van der Waals surface area contributed by atoms with Gasteiger partial charge in [0, 0.05) is 6.04 Å². The molecule has 1 saturated carbocycles. The van der Waals surface area contributed by atoms with E-state index in [1.54, 1.807) is 6.20 Å². The third-order valence-electron chi connectivity index (χ3n) is 4.51. The van der Waals surface area contributed by atoms with E-state index in [4.69, 9.17) is 0 Å². The van der Waals surface area contributed by atoms with Crippen molar-refractivity contribution in [2.45, 2.75) is 57.5 Å². The van der Waals surface area contributed by atoms with Crippen LogP contribution in [0.1, 0.15) is 62.0 Å². The number of piperidine rings is 1. The lowest BCUT2D eigenvalue weighted by molar-refractivity contribution is 0.0932. The standard InChI is InChI=1S/C15H25N5O/c1-11(2-3-12-4-5-12)17-15(21)14-10-20(19-18-14)13-6-8-16-9-7-13/h10-13,16H,2-9H2,1H3,(H,17,21). The first kappa shape index (κ1) is 14.5. The summed E-state index contributed by atoms with van der Waals surface area (Å²) in [5.41, 5.74) is 0.437. The molecule has 2 heterocycles. The minimum Gasteiger partial charge on any atom is -0.348 e. The molecule has 21 heavy (non-hydrogen) atoms. The summed E-state index contributed by atoms with van der Waals surface area (Å²) < 4.78 is 1.85. The van der Waals surface area contributed by atoms with Crippen molar-refractivity contribution in [1.29, 1.82) is 0 Å². The van der Waals surface area contributed by atoms with Crippen molar-refractivity contribution in [1.82, 2.24) is 25.6 Å². The second-order valence-corrected chi connectivity index (χ2v) is 6.46. The van der Waals surface area contributed by atoms with Crippen LogP contribution in [0, 0.1) is 5.92 Å². The zero-order chi connectivity index (χ0) is 14.7. The maximum absolute atomic E-state index is 12.2. The van der Waals surface area contributed by atoms with Crippen molar-refractivity contribution in [3.63, 3.8) is 0 Å². The van der Waals surface area contributed by atoms with E-state index in [1.165, 1.54) is 19.3 Å². The molecule has 1 aromatic rings. The van der Waals surface area contributed by atoms with E-state index in [9.17, 15) is 4.79 Å². The fraction of sp³-hybridized carbons (Fsp3) is 0.800. The van der Waals surface area contributed by atoms with Crippen LogP contribution < -0.4 is 10.6 Å². The van der Waals surface area contributed by atoms with Gasteiger partial charge in [0.15, 0.2) is 5.69 Å². The van der Waals surface area contributed by atoms with E-state index in [0.717, 1.165) is 38.3 Å². The lowest BCUT2D eigenvalue weighted by Crippen LogP contribution is -2.33. The maximum Gasteiger partial charge on any atom is 0.273 e. The van der Waals surface area contributed by atoms with Gasteiger partial charge in [-0.15, -0.1) is 5.10 Å². The molecule has 0 aromatic carbocycles. The van der Waals surface area contributed by atoms with Crippen LogP contribution in [0.25, 0.3) is 0 Å². The number of carbonyl (C=O) groups excluding carboxylic acids is 1. The van der Waals surface area contributed by atoms with E-state index in [-0.39, 0.29) is 11.9 Å². The highest BCUT2D eigenvalue weighted by atomic mass is 16.2. The van der Waals surface area contributed by atoms with Crippen LogP contribution in [0.4, 0.5) is 0 Å². The number of rotatable bonds is 6. The smallest absolute Gasteiger partial charge is 0.273 e. The quantitative estimate of drug-likeness (QED) is 0.833. The van der Waals surface area contributed by atoms with Crippen LogP contribution >= 0.6 is 0 Å². The Morgan fingerprint density at radius 3 is 2.90 bits per heavy atom. The van der Waals surface area contributed by atoms with E-state index >= 15 is 0 Å². The lowest BCUT2D eigenvalue weighted by Gasteiger charge is -2.22. The molecule has 6 nitrogen and oxygen atoms in total. The third-order valence-corrected chi connectivity index (χ3v) is 4.51. The minimum atomic E-state index is -0.0986. The highest BCUT2D eigenvalue weighted by Gasteiger charge is 2.23. The first-order valence-corrected chi connectivity index (χ1v) is 8.16. The second-order valence-electron chi connectivity index (χ2n) is 6.46. The Balaban J connectivity index is 1.50. The Morgan fingerprint density at radius 1 is 1.43 bits per heavy atom. The molecular formula is C15H25N5O. The van der Waals surface area contributed by atoms with Crippen molar-refractivity contribution < 1.29 is 4.79 Å². The van der Waals surface area contributed by atoms with Gasteiger partial charge in [-0.05, 0) is 51.6 Å². The molecule has 3 rings (SSSR count). The van der Waals surface area contributed by atoms with Gasteiger partial charge in [-0.3, -0.25) is 4.79 Å². The first-order chi connectivity index (χ1) is 10.2. The summed E-state index contributed by atoms with van der Waals surface area (Å²) in [6, 6.07) is 0.578. The highest BCUT2D eigenvalue weighted by Crippen LogP contribution is 2.33. The average Bonchev–Trinajstić information content (AvgIpc) is 3.20. The van der Waals surface area contributed by atoms with Gasteiger partial charge in [0.25, 0.3) is 5.91 Å². The molecule has 1 atom stereocenters. The largest absolute Gasteiger partial charge is 0.348 e. The molecule has 0 radical (unpaired) electrons. The minimum absolute atomic E-state index is 0.0986. The molecule has 1 aliphatic heterocycles. The van der Waals surface area contributed by atoms with Crippen LogP contribution in [0.5, 0.6) is 0 Å².